The number of fused-ring (bicyclic) bond motifs is 1. The van der Waals surface area contributed by atoms with Gasteiger partial charge in [0.25, 0.3) is 11.8 Å². The molecule has 0 aliphatic carbocycles. The molecular weight excluding hydrogens is 412 g/mol. The van der Waals surface area contributed by atoms with Crippen LogP contribution in [0.15, 0.2) is 54.7 Å². The van der Waals surface area contributed by atoms with E-state index in [0.29, 0.717) is 24.2 Å². The number of nitrogens with zero attached hydrogens (tertiary/aromatic N) is 1. The number of aromatic amines is 1. The summed E-state index contributed by atoms with van der Waals surface area (Å²) in [7, 11) is 0. The van der Waals surface area contributed by atoms with Crippen LogP contribution in [0.5, 0.6) is 0 Å². The quantitative estimate of drug-likeness (QED) is 0.532. The summed E-state index contributed by atoms with van der Waals surface area (Å²) in [5.74, 6) is -0.116. The van der Waals surface area contributed by atoms with Crippen LogP contribution in [-0.2, 0) is 4.79 Å². The highest BCUT2D eigenvalue weighted by Gasteiger charge is 2.30. The largest absolute Gasteiger partial charge is 0.361 e. The van der Waals surface area contributed by atoms with Gasteiger partial charge in [0.1, 0.15) is 0 Å². The Balaban J connectivity index is 1.52. The van der Waals surface area contributed by atoms with Gasteiger partial charge in [0.2, 0.25) is 0 Å². The van der Waals surface area contributed by atoms with Gasteiger partial charge in [-0.25, -0.2) is 0 Å². The smallest absolute Gasteiger partial charge is 0.256 e. The van der Waals surface area contributed by atoms with E-state index in [0.717, 1.165) is 33.6 Å². The molecule has 1 fully saturated rings. The molecule has 2 atom stereocenters. The average molecular weight is 441 g/mol. The number of carbonyl (C=O) groups excluding carboxylic acids is 2. The van der Waals surface area contributed by atoms with Crippen LogP contribution < -0.4 is 10.6 Å². The van der Waals surface area contributed by atoms with Gasteiger partial charge in [-0.1, -0.05) is 42.5 Å². The lowest BCUT2D eigenvalue weighted by Crippen LogP contribution is -2.55. The molecule has 0 radical (unpaired) electrons. The zero-order chi connectivity index (χ0) is 23.1. The summed E-state index contributed by atoms with van der Waals surface area (Å²) in [6, 6.07) is 16.5. The summed E-state index contributed by atoms with van der Waals surface area (Å²) < 4.78 is 0. The van der Waals surface area contributed by atoms with E-state index in [1.807, 2.05) is 66.4 Å². The van der Waals surface area contributed by atoms with E-state index in [1.165, 1.54) is 0 Å². The molecule has 2 aliphatic rings. The Bertz CT molecular complexity index is 1250. The van der Waals surface area contributed by atoms with Gasteiger partial charge in [0, 0.05) is 48.3 Å². The van der Waals surface area contributed by atoms with Crippen molar-refractivity contribution < 1.29 is 9.59 Å². The van der Waals surface area contributed by atoms with E-state index >= 15 is 0 Å². The van der Waals surface area contributed by atoms with Crippen LogP contribution in [0.2, 0.25) is 0 Å². The molecule has 6 heteroatoms. The van der Waals surface area contributed by atoms with Crippen molar-refractivity contribution >= 4 is 29.2 Å². The molecule has 5 rings (SSSR count). The molecule has 3 heterocycles. The number of rotatable bonds is 3. The molecule has 2 aliphatic heterocycles. The summed E-state index contributed by atoms with van der Waals surface area (Å²) in [5.41, 5.74) is 6.62. The second-order valence-electron chi connectivity index (χ2n) is 9.03. The van der Waals surface area contributed by atoms with Gasteiger partial charge in [0.05, 0.1) is 11.1 Å². The molecule has 2 amide bonds. The first-order chi connectivity index (χ1) is 15.9. The van der Waals surface area contributed by atoms with Crippen molar-refractivity contribution in [3.05, 3.63) is 77.1 Å². The highest BCUT2D eigenvalue weighted by atomic mass is 16.2. The summed E-state index contributed by atoms with van der Waals surface area (Å²) in [6.45, 7) is 7.48. The zero-order valence-corrected chi connectivity index (χ0v) is 19.1. The minimum absolute atomic E-state index is 0.0230. The van der Waals surface area contributed by atoms with Crippen LogP contribution >= 0.6 is 0 Å². The molecule has 0 spiro atoms. The summed E-state index contributed by atoms with van der Waals surface area (Å²) in [6.07, 6.45) is 3.63. The van der Waals surface area contributed by atoms with E-state index in [2.05, 4.69) is 29.5 Å². The van der Waals surface area contributed by atoms with E-state index in [9.17, 15) is 9.59 Å². The highest BCUT2D eigenvalue weighted by molar-refractivity contribution is 6.36. The highest BCUT2D eigenvalue weighted by Crippen LogP contribution is 2.40. The van der Waals surface area contributed by atoms with Gasteiger partial charge >= 0.3 is 0 Å². The van der Waals surface area contributed by atoms with Crippen LogP contribution in [0.25, 0.3) is 22.8 Å². The van der Waals surface area contributed by atoms with Gasteiger partial charge in [-0.15, -0.1) is 0 Å². The molecule has 0 unspecified atom stereocenters. The Morgan fingerprint density at radius 1 is 1.03 bits per heavy atom. The maximum absolute atomic E-state index is 13.2. The summed E-state index contributed by atoms with van der Waals surface area (Å²) in [5, 5.41) is 6.45. The fourth-order valence-electron chi connectivity index (χ4n) is 4.94. The maximum Gasteiger partial charge on any atom is 0.256 e. The monoisotopic (exact) mass is 440 g/mol. The Morgan fingerprint density at radius 3 is 2.48 bits per heavy atom. The first-order valence-corrected chi connectivity index (χ1v) is 11.4. The lowest BCUT2D eigenvalue weighted by Gasteiger charge is -2.36. The molecule has 1 saturated heterocycles. The van der Waals surface area contributed by atoms with Crippen molar-refractivity contribution in [2.75, 3.05) is 18.4 Å². The molecule has 33 heavy (non-hydrogen) atoms. The third kappa shape index (κ3) is 3.87. The number of piperazine rings is 1. The standard InChI is InChI=1S/C27H28N4O2/c1-16-14-31(15-17(2)29-16)27(33)22-13-28-24(18(22)3)12-21-25-20(19-8-5-4-6-9-19)10-7-11-23(25)30-26(21)32/h4-13,16-17,28-29H,14-15H2,1-3H3,(H,30,32)/t16-,17-/m1/s1. The zero-order valence-electron chi connectivity index (χ0n) is 19.1. The van der Waals surface area contributed by atoms with Gasteiger partial charge in [-0.05, 0) is 49.6 Å². The number of H-pyrrole nitrogens is 1. The topological polar surface area (TPSA) is 77.2 Å². The number of carbonyl (C=O) groups is 2. The first kappa shape index (κ1) is 21.2. The SMILES string of the molecule is Cc1c(C(=O)N2C[C@@H](C)N[C@H](C)C2)c[nH]c1C=C1C(=O)Nc2cccc(-c3ccccc3)c21. The number of amides is 2. The molecule has 3 N–H and O–H groups in total. The molecule has 0 saturated carbocycles. The third-order valence-corrected chi connectivity index (χ3v) is 6.46. The number of nitrogens with one attached hydrogen (secondary N) is 3. The summed E-state index contributed by atoms with van der Waals surface area (Å²) in [4.78, 5) is 31.3. The van der Waals surface area contributed by atoms with Crippen molar-refractivity contribution in [1.82, 2.24) is 15.2 Å². The van der Waals surface area contributed by atoms with Crippen molar-refractivity contribution in [3.63, 3.8) is 0 Å². The van der Waals surface area contributed by atoms with Crippen LogP contribution in [-0.4, -0.2) is 46.9 Å². The Morgan fingerprint density at radius 2 is 1.76 bits per heavy atom. The van der Waals surface area contributed by atoms with Crippen molar-refractivity contribution in [2.24, 2.45) is 0 Å². The first-order valence-electron chi connectivity index (χ1n) is 11.4. The van der Waals surface area contributed by atoms with Crippen molar-refractivity contribution in [2.45, 2.75) is 32.9 Å². The fourth-order valence-corrected chi connectivity index (χ4v) is 4.94. The Hall–Kier alpha value is -3.64. The molecule has 168 valence electrons. The molecule has 6 nitrogen and oxygen atoms in total. The number of hydrogen-bond acceptors (Lipinski definition) is 3. The second-order valence-corrected chi connectivity index (χ2v) is 9.03. The molecule has 3 aromatic rings. The number of hydrogen-bond donors (Lipinski definition) is 3. The normalized spacial score (nSPS) is 21.2. The van der Waals surface area contributed by atoms with Crippen LogP contribution in [0.1, 0.15) is 41.0 Å². The van der Waals surface area contributed by atoms with Gasteiger partial charge in [-0.2, -0.15) is 0 Å². The Labute approximate surface area is 193 Å². The minimum Gasteiger partial charge on any atom is -0.361 e. The third-order valence-electron chi connectivity index (χ3n) is 6.46. The van der Waals surface area contributed by atoms with Gasteiger partial charge < -0.3 is 20.5 Å². The second kappa shape index (κ2) is 8.37. The number of aromatic nitrogens is 1. The van der Waals surface area contributed by atoms with E-state index in [1.54, 1.807) is 6.20 Å². The van der Waals surface area contributed by atoms with E-state index in [4.69, 9.17) is 0 Å². The maximum atomic E-state index is 13.2. The van der Waals surface area contributed by atoms with Crippen LogP contribution in [0.3, 0.4) is 0 Å². The molecule has 0 bridgehead atoms. The predicted octanol–water partition coefficient (Wildman–Crippen LogP) is 4.31. The van der Waals surface area contributed by atoms with Gasteiger partial charge in [-0.3, -0.25) is 9.59 Å². The van der Waals surface area contributed by atoms with Crippen molar-refractivity contribution in [1.29, 1.82) is 0 Å². The van der Waals surface area contributed by atoms with Crippen molar-refractivity contribution in [3.8, 4) is 11.1 Å². The fraction of sp³-hybridized carbons (Fsp3) is 0.259. The minimum atomic E-state index is -0.139. The lowest BCUT2D eigenvalue weighted by molar-refractivity contribution is -0.110. The molecular formula is C27H28N4O2. The average Bonchev–Trinajstić information content (AvgIpc) is 3.32. The molecule has 1 aromatic heterocycles. The summed E-state index contributed by atoms with van der Waals surface area (Å²) >= 11 is 0. The lowest BCUT2D eigenvalue weighted by atomic mass is 9.94. The number of anilines is 1. The molecule has 2 aromatic carbocycles. The van der Waals surface area contributed by atoms with Crippen LogP contribution in [0.4, 0.5) is 5.69 Å². The number of benzene rings is 2. The van der Waals surface area contributed by atoms with Crippen LogP contribution in [0, 0.1) is 6.92 Å². The van der Waals surface area contributed by atoms with E-state index < -0.39 is 0 Å². The van der Waals surface area contributed by atoms with Gasteiger partial charge in [0.15, 0.2) is 0 Å². The van der Waals surface area contributed by atoms with E-state index in [-0.39, 0.29) is 23.9 Å². The predicted molar refractivity (Wildman–Crippen MR) is 132 cm³/mol. The Kier molecular flexibility index (Phi) is 5.38.